The minimum absolute atomic E-state index is 0.694. The molecule has 0 aliphatic heterocycles. The highest BCUT2D eigenvalue weighted by atomic mass is 15.3. The van der Waals surface area contributed by atoms with Gasteiger partial charge in [0, 0.05) is 37.6 Å². The summed E-state index contributed by atoms with van der Waals surface area (Å²) < 4.78 is 2.11. The first-order chi connectivity index (χ1) is 10.3. The van der Waals surface area contributed by atoms with Gasteiger partial charge in [-0.3, -0.25) is 9.58 Å². The van der Waals surface area contributed by atoms with Crippen molar-refractivity contribution in [3.05, 3.63) is 30.0 Å². The van der Waals surface area contributed by atoms with Crippen LogP contribution in [0.5, 0.6) is 0 Å². The van der Waals surface area contributed by atoms with E-state index in [4.69, 9.17) is 10.8 Å². The number of nitrogens with zero attached hydrogens (tertiary/aromatic N) is 3. The molecule has 1 aromatic carbocycles. The van der Waals surface area contributed by atoms with Crippen molar-refractivity contribution >= 4 is 10.9 Å². The number of para-hydroxylation sites is 1. The van der Waals surface area contributed by atoms with Crippen LogP contribution in [0.25, 0.3) is 10.9 Å². The second kappa shape index (κ2) is 6.58. The molecule has 114 valence electrons. The van der Waals surface area contributed by atoms with E-state index in [1.165, 1.54) is 42.3 Å². The molecule has 4 nitrogen and oxygen atoms in total. The molecule has 1 heterocycles. The van der Waals surface area contributed by atoms with E-state index in [0.29, 0.717) is 6.04 Å². The first-order valence-electron chi connectivity index (χ1n) is 8.22. The summed E-state index contributed by atoms with van der Waals surface area (Å²) in [6.45, 7) is 5.69. The highest BCUT2D eigenvalue weighted by Crippen LogP contribution is 2.26. The van der Waals surface area contributed by atoms with Crippen LogP contribution in [0.3, 0.4) is 0 Å². The largest absolute Gasteiger partial charge is 0.329 e. The summed E-state index contributed by atoms with van der Waals surface area (Å²) in [4.78, 5) is 2.54. The molecule has 0 radical (unpaired) electrons. The number of nitrogens with two attached hydrogens (primary N) is 1. The Morgan fingerprint density at radius 2 is 2.05 bits per heavy atom. The molecule has 0 saturated heterocycles. The van der Waals surface area contributed by atoms with Gasteiger partial charge in [-0.05, 0) is 25.8 Å². The average molecular weight is 286 g/mol. The smallest absolute Gasteiger partial charge is 0.0843 e. The third-order valence-electron chi connectivity index (χ3n) is 4.64. The maximum atomic E-state index is 5.83. The Bertz CT molecular complexity index is 583. The average Bonchev–Trinajstić information content (AvgIpc) is 3.15. The molecular weight excluding hydrogens is 260 g/mol. The van der Waals surface area contributed by atoms with Gasteiger partial charge in [0.1, 0.15) is 0 Å². The normalized spacial score (nSPS) is 16.3. The van der Waals surface area contributed by atoms with Gasteiger partial charge >= 0.3 is 0 Å². The minimum atomic E-state index is 0.694. The third-order valence-corrected chi connectivity index (χ3v) is 4.64. The fraction of sp³-hybridized carbons (Fsp3) is 0.588. The van der Waals surface area contributed by atoms with Crippen molar-refractivity contribution in [2.24, 2.45) is 5.73 Å². The Morgan fingerprint density at radius 1 is 1.29 bits per heavy atom. The predicted molar refractivity (Wildman–Crippen MR) is 87.1 cm³/mol. The van der Waals surface area contributed by atoms with Crippen LogP contribution in [-0.2, 0) is 13.1 Å². The van der Waals surface area contributed by atoms with Crippen LogP contribution in [-0.4, -0.2) is 33.8 Å². The van der Waals surface area contributed by atoms with Crippen LogP contribution >= 0.6 is 0 Å². The van der Waals surface area contributed by atoms with Crippen molar-refractivity contribution in [3.8, 4) is 0 Å². The van der Waals surface area contributed by atoms with Crippen molar-refractivity contribution in [2.45, 2.75) is 51.7 Å². The summed E-state index contributed by atoms with van der Waals surface area (Å²) in [7, 11) is 0. The van der Waals surface area contributed by atoms with E-state index in [0.717, 1.165) is 26.2 Å². The van der Waals surface area contributed by atoms with Gasteiger partial charge in [-0.25, -0.2) is 0 Å². The molecular formula is C17H26N4. The Kier molecular flexibility index (Phi) is 4.56. The fourth-order valence-electron chi connectivity index (χ4n) is 3.57. The SMILES string of the molecule is CCn1nc(CN(CCN)C2CCCC2)c2ccccc21. The van der Waals surface area contributed by atoms with Gasteiger partial charge in [0.2, 0.25) is 0 Å². The quantitative estimate of drug-likeness (QED) is 0.888. The fourth-order valence-corrected chi connectivity index (χ4v) is 3.57. The molecule has 1 aromatic heterocycles. The number of aromatic nitrogens is 2. The Labute approximate surface area is 126 Å². The second-order valence-corrected chi connectivity index (χ2v) is 5.98. The zero-order chi connectivity index (χ0) is 14.7. The maximum Gasteiger partial charge on any atom is 0.0843 e. The molecule has 2 aromatic rings. The molecule has 0 atom stereocenters. The van der Waals surface area contributed by atoms with Crippen molar-refractivity contribution in [1.29, 1.82) is 0 Å². The Balaban J connectivity index is 1.88. The Morgan fingerprint density at radius 3 is 2.76 bits per heavy atom. The lowest BCUT2D eigenvalue weighted by Crippen LogP contribution is -2.36. The molecule has 0 bridgehead atoms. The predicted octanol–water partition coefficient (Wildman–Crippen LogP) is 2.76. The zero-order valence-electron chi connectivity index (χ0n) is 13.0. The Hall–Kier alpha value is -1.39. The summed E-state index contributed by atoms with van der Waals surface area (Å²) in [6, 6.07) is 9.25. The summed E-state index contributed by atoms with van der Waals surface area (Å²) in [5, 5.41) is 6.13. The second-order valence-electron chi connectivity index (χ2n) is 5.98. The molecule has 0 unspecified atom stereocenters. The van der Waals surface area contributed by atoms with Gasteiger partial charge in [0.25, 0.3) is 0 Å². The van der Waals surface area contributed by atoms with E-state index in [9.17, 15) is 0 Å². The number of benzene rings is 1. The number of hydrogen-bond acceptors (Lipinski definition) is 3. The van der Waals surface area contributed by atoms with E-state index < -0.39 is 0 Å². The molecule has 1 saturated carbocycles. The van der Waals surface area contributed by atoms with Crippen LogP contribution in [0, 0.1) is 0 Å². The molecule has 0 amide bonds. The first-order valence-corrected chi connectivity index (χ1v) is 8.22. The molecule has 3 rings (SSSR count). The lowest BCUT2D eigenvalue weighted by molar-refractivity contribution is 0.193. The van der Waals surface area contributed by atoms with E-state index >= 15 is 0 Å². The molecule has 2 N–H and O–H groups in total. The summed E-state index contributed by atoms with van der Waals surface area (Å²) in [5.74, 6) is 0. The summed E-state index contributed by atoms with van der Waals surface area (Å²) in [6.07, 6.45) is 5.34. The van der Waals surface area contributed by atoms with Crippen molar-refractivity contribution in [2.75, 3.05) is 13.1 Å². The lowest BCUT2D eigenvalue weighted by atomic mass is 10.1. The highest BCUT2D eigenvalue weighted by molar-refractivity contribution is 5.81. The maximum absolute atomic E-state index is 5.83. The van der Waals surface area contributed by atoms with Gasteiger partial charge in [-0.2, -0.15) is 5.10 Å². The molecule has 1 aliphatic carbocycles. The zero-order valence-corrected chi connectivity index (χ0v) is 13.0. The van der Waals surface area contributed by atoms with Crippen LogP contribution in [0.2, 0.25) is 0 Å². The van der Waals surface area contributed by atoms with Gasteiger partial charge in [-0.1, -0.05) is 31.0 Å². The molecule has 0 spiro atoms. The molecule has 21 heavy (non-hydrogen) atoms. The summed E-state index contributed by atoms with van der Waals surface area (Å²) in [5.41, 5.74) is 8.27. The third kappa shape index (κ3) is 2.97. The number of hydrogen-bond donors (Lipinski definition) is 1. The van der Waals surface area contributed by atoms with Crippen LogP contribution < -0.4 is 5.73 Å². The van der Waals surface area contributed by atoms with Crippen molar-refractivity contribution in [3.63, 3.8) is 0 Å². The molecule has 4 heteroatoms. The molecule has 1 fully saturated rings. The van der Waals surface area contributed by atoms with Gasteiger partial charge in [0.15, 0.2) is 0 Å². The first kappa shape index (κ1) is 14.5. The standard InChI is InChI=1S/C17H26N4/c1-2-21-17-10-6-5-9-15(17)16(19-21)13-20(12-11-18)14-7-3-4-8-14/h5-6,9-10,14H,2-4,7-8,11-13,18H2,1H3. The van der Waals surface area contributed by atoms with Gasteiger partial charge in [0.05, 0.1) is 11.2 Å². The lowest BCUT2D eigenvalue weighted by Gasteiger charge is -2.27. The van der Waals surface area contributed by atoms with Crippen molar-refractivity contribution < 1.29 is 0 Å². The number of rotatable bonds is 6. The van der Waals surface area contributed by atoms with E-state index in [1.807, 2.05) is 0 Å². The van der Waals surface area contributed by atoms with Gasteiger partial charge in [-0.15, -0.1) is 0 Å². The van der Waals surface area contributed by atoms with Crippen LogP contribution in [0.15, 0.2) is 24.3 Å². The monoisotopic (exact) mass is 286 g/mol. The number of aryl methyl sites for hydroxylation is 1. The topological polar surface area (TPSA) is 47.1 Å². The highest BCUT2D eigenvalue weighted by Gasteiger charge is 2.23. The van der Waals surface area contributed by atoms with Crippen molar-refractivity contribution in [1.82, 2.24) is 14.7 Å². The summed E-state index contributed by atoms with van der Waals surface area (Å²) >= 11 is 0. The van der Waals surface area contributed by atoms with E-state index in [-0.39, 0.29) is 0 Å². The van der Waals surface area contributed by atoms with Gasteiger partial charge < -0.3 is 5.73 Å². The number of fused-ring (bicyclic) bond motifs is 1. The van der Waals surface area contributed by atoms with E-state index in [2.05, 4.69) is 40.8 Å². The van der Waals surface area contributed by atoms with Crippen LogP contribution in [0.1, 0.15) is 38.3 Å². The minimum Gasteiger partial charge on any atom is -0.329 e. The van der Waals surface area contributed by atoms with E-state index in [1.54, 1.807) is 0 Å². The molecule has 1 aliphatic rings. The van der Waals surface area contributed by atoms with Crippen LogP contribution in [0.4, 0.5) is 0 Å².